The maximum Gasteiger partial charge on any atom is 0.387 e. The lowest BCUT2D eigenvalue weighted by molar-refractivity contribution is -0.114. The lowest BCUT2D eigenvalue weighted by Gasteiger charge is -2.22. The van der Waals surface area contributed by atoms with Crippen molar-refractivity contribution in [2.24, 2.45) is 4.99 Å². The number of nitrogens with one attached hydrogen (secondary N) is 3. The molecule has 10 heteroatoms. The molecule has 0 spiro atoms. The van der Waals surface area contributed by atoms with Crippen molar-refractivity contribution in [1.29, 1.82) is 0 Å². The van der Waals surface area contributed by atoms with Gasteiger partial charge in [-0.05, 0) is 49.7 Å². The normalized spacial score (nSPS) is 16.2. The lowest BCUT2D eigenvalue weighted by Crippen LogP contribution is -2.45. The fourth-order valence-electron chi connectivity index (χ4n) is 3.41. The Balaban J connectivity index is 1.57. The Morgan fingerprint density at radius 3 is 2.69 bits per heavy atom. The molecule has 1 aliphatic heterocycles. The molecule has 32 heavy (non-hydrogen) atoms. The Morgan fingerprint density at radius 2 is 1.97 bits per heavy atom. The number of nitrogens with zero attached hydrogens (tertiary/aromatic N) is 2. The molecule has 1 amide bonds. The van der Waals surface area contributed by atoms with Crippen molar-refractivity contribution >= 4 is 23.2 Å². The molecule has 0 bridgehead atoms. The van der Waals surface area contributed by atoms with Crippen LogP contribution in [0.4, 0.5) is 24.5 Å². The monoisotopic (exact) mass is 449 g/mol. The molecular weight excluding hydrogens is 423 g/mol. The number of aliphatic imine (C=N–C) groups is 1. The van der Waals surface area contributed by atoms with Crippen LogP contribution in [0.5, 0.6) is 5.75 Å². The average Bonchev–Trinajstić information content (AvgIpc) is 3.22. The van der Waals surface area contributed by atoms with Crippen LogP contribution in [0.15, 0.2) is 53.5 Å². The highest BCUT2D eigenvalue weighted by Gasteiger charge is 2.26. The number of para-hydroxylation sites is 2. The van der Waals surface area contributed by atoms with Gasteiger partial charge in [0.1, 0.15) is 18.1 Å². The third-order valence-electron chi connectivity index (χ3n) is 4.80. The van der Waals surface area contributed by atoms with Gasteiger partial charge in [-0.1, -0.05) is 12.1 Å². The van der Waals surface area contributed by atoms with Crippen LogP contribution in [0.1, 0.15) is 13.3 Å². The fourth-order valence-corrected chi connectivity index (χ4v) is 3.41. The Bertz CT molecular complexity index is 924. The van der Waals surface area contributed by atoms with Gasteiger partial charge in [-0.25, -0.2) is 9.38 Å². The molecule has 1 heterocycles. The zero-order valence-corrected chi connectivity index (χ0v) is 17.7. The predicted molar refractivity (Wildman–Crippen MR) is 118 cm³/mol. The molecular formula is C22H26F3N5O2. The van der Waals surface area contributed by atoms with Crippen LogP contribution in [0.25, 0.3) is 0 Å². The van der Waals surface area contributed by atoms with E-state index in [4.69, 9.17) is 0 Å². The smallest absolute Gasteiger partial charge is 0.387 e. The van der Waals surface area contributed by atoms with E-state index in [1.54, 1.807) is 18.2 Å². The number of halogens is 3. The summed E-state index contributed by atoms with van der Waals surface area (Å²) in [4.78, 5) is 18.4. The van der Waals surface area contributed by atoms with Gasteiger partial charge < -0.3 is 25.6 Å². The van der Waals surface area contributed by atoms with Gasteiger partial charge in [0.25, 0.3) is 0 Å². The molecule has 1 atom stereocenters. The van der Waals surface area contributed by atoms with E-state index in [0.717, 1.165) is 6.42 Å². The maximum atomic E-state index is 13.0. The number of anilines is 2. The van der Waals surface area contributed by atoms with E-state index in [2.05, 4.69) is 25.7 Å². The van der Waals surface area contributed by atoms with Crippen molar-refractivity contribution < 1.29 is 22.7 Å². The summed E-state index contributed by atoms with van der Waals surface area (Å²) in [5, 5.41) is 9.04. The highest BCUT2D eigenvalue weighted by Crippen LogP contribution is 2.31. The molecule has 7 nitrogen and oxygen atoms in total. The number of carbonyl (C=O) groups excluding carboxylic acids is 1. The minimum atomic E-state index is -2.89. The summed E-state index contributed by atoms with van der Waals surface area (Å²) in [5.74, 6) is -0.0968. The number of rotatable bonds is 8. The summed E-state index contributed by atoms with van der Waals surface area (Å²) < 4.78 is 43.0. The van der Waals surface area contributed by atoms with E-state index in [0.29, 0.717) is 37.0 Å². The van der Waals surface area contributed by atoms with Crippen LogP contribution in [-0.4, -0.2) is 50.7 Å². The summed E-state index contributed by atoms with van der Waals surface area (Å²) in [6, 6.07) is 12.2. The maximum absolute atomic E-state index is 13.0. The molecule has 1 fully saturated rings. The average molecular weight is 449 g/mol. The number of alkyl halides is 2. The number of hydrogen-bond acceptors (Lipinski definition) is 4. The van der Waals surface area contributed by atoms with Crippen LogP contribution in [0, 0.1) is 5.82 Å². The van der Waals surface area contributed by atoms with Crippen LogP contribution in [0.3, 0.4) is 0 Å². The van der Waals surface area contributed by atoms with Crippen molar-refractivity contribution in [3.63, 3.8) is 0 Å². The molecule has 3 rings (SSSR count). The van der Waals surface area contributed by atoms with Gasteiger partial charge in [0, 0.05) is 31.4 Å². The Morgan fingerprint density at radius 1 is 1.22 bits per heavy atom. The van der Waals surface area contributed by atoms with Crippen molar-refractivity contribution in [3.8, 4) is 5.75 Å². The van der Waals surface area contributed by atoms with E-state index < -0.39 is 6.61 Å². The minimum absolute atomic E-state index is 0.00701. The lowest BCUT2D eigenvalue weighted by atomic mass is 10.2. The SMILES string of the molecule is CCNC(=NCC(=O)Nc1ccc(F)cc1)NC1CCN(c2ccccc2OC(F)F)C1. The third kappa shape index (κ3) is 6.79. The van der Waals surface area contributed by atoms with Crippen molar-refractivity contribution in [2.45, 2.75) is 26.0 Å². The van der Waals surface area contributed by atoms with Gasteiger partial charge in [0.15, 0.2) is 5.96 Å². The first-order valence-electron chi connectivity index (χ1n) is 10.3. The molecule has 0 saturated carbocycles. The Hall–Kier alpha value is -3.43. The number of guanidine groups is 1. The first-order valence-corrected chi connectivity index (χ1v) is 10.3. The Labute approximate surface area is 184 Å². The summed E-state index contributed by atoms with van der Waals surface area (Å²) in [6.45, 7) is 0.735. The Kier molecular flexibility index (Phi) is 8.18. The predicted octanol–water partition coefficient (Wildman–Crippen LogP) is 3.20. The topological polar surface area (TPSA) is 78.0 Å². The van der Waals surface area contributed by atoms with E-state index >= 15 is 0 Å². The molecule has 172 valence electrons. The first-order chi connectivity index (χ1) is 15.4. The summed E-state index contributed by atoms with van der Waals surface area (Å²) >= 11 is 0. The molecule has 2 aromatic carbocycles. The van der Waals surface area contributed by atoms with Crippen LogP contribution >= 0.6 is 0 Å². The van der Waals surface area contributed by atoms with E-state index in [9.17, 15) is 18.0 Å². The zero-order chi connectivity index (χ0) is 22.9. The van der Waals surface area contributed by atoms with Gasteiger partial charge in [-0.2, -0.15) is 8.78 Å². The van der Waals surface area contributed by atoms with Crippen LogP contribution in [0.2, 0.25) is 0 Å². The molecule has 0 aromatic heterocycles. The highest BCUT2D eigenvalue weighted by molar-refractivity contribution is 5.94. The second-order valence-electron chi connectivity index (χ2n) is 7.17. The van der Waals surface area contributed by atoms with E-state index in [-0.39, 0.29) is 30.1 Å². The second kappa shape index (κ2) is 11.3. The van der Waals surface area contributed by atoms with Crippen LogP contribution in [-0.2, 0) is 4.79 Å². The van der Waals surface area contributed by atoms with E-state index in [1.807, 2.05) is 11.8 Å². The van der Waals surface area contributed by atoms with E-state index in [1.165, 1.54) is 30.3 Å². The summed E-state index contributed by atoms with van der Waals surface area (Å²) in [5.41, 5.74) is 1.10. The molecule has 2 aromatic rings. The van der Waals surface area contributed by atoms with Gasteiger partial charge >= 0.3 is 6.61 Å². The standard InChI is InChI=1S/C22H26F3N5O2/c1-2-26-22(27-13-20(31)28-16-9-7-15(23)8-10-16)29-17-11-12-30(14-17)18-5-3-4-6-19(18)32-21(24)25/h3-10,17,21H,2,11-14H2,1H3,(H,28,31)(H2,26,27,29). The van der Waals surface area contributed by atoms with Gasteiger partial charge in [0.05, 0.1) is 5.69 Å². The van der Waals surface area contributed by atoms with Gasteiger partial charge in [0.2, 0.25) is 5.91 Å². The first kappa shape index (κ1) is 23.2. The van der Waals surface area contributed by atoms with Gasteiger partial charge in [-0.3, -0.25) is 4.79 Å². The fraction of sp³-hybridized carbons (Fsp3) is 0.364. The molecule has 1 aliphatic rings. The van der Waals surface area contributed by atoms with Crippen molar-refractivity contribution in [3.05, 3.63) is 54.3 Å². The zero-order valence-electron chi connectivity index (χ0n) is 17.7. The number of benzene rings is 2. The molecule has 1 saturated heterocycles. The number of ether oxygens (including phenoxy) is 1. The third-order valence-corrected chi connectivity index (χ3v) is 4.80. The number of carbonyl (C=O) groups is 1. The van der Waals surface area contributed by atoms with Crippen LogP contribution < -0.4 is 25.6 Å². The quantitative estimate of drug-likeness (QED) is 0.426. The minimum Gasteiger partial charge on any atom is -0.433 e. The summed E-state index contributed by atoms with van der Waals surface area (Å²) in [6.07, 6.45) is 0.759. The molecule has 0 radical (unpaired) electrons. The molecule has 1 unspecified atom stereocenters. The largest absolute Gasteiger partial charge is 0.433 e. The molecule has 0 aliphatic carbocycles. The number of hydrogen-bond donors (Lipinski definition) is 3. The van der Waals surface area contributed by atoms with Gasteiger partial charge in [-0.15, -0.1) is 0 Å². The second-order valence-corrected chi connectivity index (χ2v) is 7.17. The number of amides is 1. The van der Waals surface area contributed by atoms with Crippen molar-refractivity contribution in [1.82, 2.24) is 10.6 Å². The molecule has 3 N–H and O–H groups in total. The summed E-state index contributed by atoms with van der Waals surface area (Å²) in [7, 11) is 0. The highest BCUT2D eigenvalue weighted by atomic mass is 19.3. The van der Waals surface area contributed by atoms with Crippen molar-refractivity contribution in [2.75, 3.05) is 36.4 Å².